The Labute approximate surface area is 89.9 Å². The lowest BCUT2D eigenvalue weighted by molar-refractivity contribution is -0.246. The van der Waals surface area contributed by atoms with Gasteiger partial charge in [0.1, 0.15) is 0 Å². The summed E-state index contributed by atoms with van der Waals surface area (Å²) in [5.41, 5.74) is 1.53. The van der Waals surface area contributed by atoms with Gasteiger partial charge in [-0.05, 0) is 25.0 Å². The van der Waals surface area contributed by atoms with Crippen LogP contribution < -0.4 is 0 Å². The van der Waals surface area contributed by atoms with E-state index in [1.807, 2.05) is 32.9 Å². The van der Waals surface area contributed by atoms with Crippen LogP contribution in [0.15, 0.2) is 24.3 Å². The molecule has 0 saturated heterocycles. The largest absolute Gasteiger partial charge is 0.373 e. The highest BCUT2D eigenvalue weighted by Gasteiger charge is 2.08. The molecule has 15 heavy (non-hydrogen) atoms. The van der Waals surface area contributed by atoms with Crippen molar-refractivity contribution in [3.8, 4) is 0 Å². The maximum absolute atomic E-state index is 11.4. The molecule has 1 aromatic rings. The zero-order valence-corrected chi connectivity index (χ0v) is 9.32. The second kappa shape index (κ2) is 5.51. The molecule has 1 rings (SSSR count). The standard InChI is InChI=1S/C12H16O3/c1-9(2)8-14-15-12(13)11-6-4-5-10(3)7-11/h4-7,9H,8H2,1-3H3. The number of carbonyl (C=O) groups excluding carboxylic acids is 1. The number of benzene rings is 1. The summed E-state index contributed by atoms with van der Waals surface area (Å²) in [6.07, 6.45) is 0. The second-order valence-electron chi connectivity index (χ2n) is 3.92. The molecular formula is C12H16O3. The van der Waals surface area contributed by atoms with Gasteiger partial charge in [-0.15, -0.1) is 0 Å². The highest BCUT2D eigenvalue weighted by Crippen LogP contribution is 2.06. The van der Waals surface area contributed by atoms with Crippen LogP contribution in [0.5, 0.6) is 0 Å². The molecule has 0 aliphatic carbocycles. The molecule has 0 aromatic heterocycles. The van der Waals surface area contributed by atoms with Crippen LogP contribution in [0.4, 0.5) is 0 Å². The summed E-state index contributed by atoms with van der Waals surface area (Å²) in [5, 5.41) is 0. The molecule has 0 aliphatic rings. The van der Waals surface area contributed by atoms with Crippen molar-refractivity contribution >= 4 is 5.97 Å². The van der Waals surface area contributed by atoms with Crippen LogP contribution in [0.3, 0.4) is 0 Å². The number of rotatable bonds is 4. The van der Waals surface area contributed by atoms with E-state index >= 15 is 0 Å². The van der Waals surface area contributed by atoms with Crippen molar-refractivity contribution in [3.05, 3.63) is 35.4 Å². The Morgan fingerprint density at radius 3 is 2.73 bits per heavy atom. The van der Waals surface area contributed by atoms with Crippen LogP contribution in [0.1, 0.15) is 29.8 Å². The summed E-state index contributed by atoms with van der Waals surface area (Å²) >= 11 is 0. The number of carbonyl (C=O) groups is 1. The first-order valence-corrected chi connectivity index (χ1v) is 5.00. The van der Waals surface area contributed by atoms with Gasteiger partial charge in [-0.3, -0.25) is 4.89 Å². The minimum atomic E-state index is -0.445. The summed E-state index contributed by atoms with van der Waals surface area (Å²) in [7, 11) is 0. The second-order valence-corrected chi connectivity index (χ2v) is 3.92. The Balaban J connectivity index is 2.47. The molecule has 0 radical (unpaired) electrons. The lowest BCUT2D eigenvalue weighted by Gasteiger charge is -2.05. The third-order valence-corrected chi connectivity index (χ3v) is 1.79. The Morgan fingerprint density at radius 1 is 1.40 bits per heavy atom. The van der Waals surface area contributed by atoms with E-state index in [0.29, 0.717) is 18.1 Å². The van der Waals surface area contributed by atoms with Gasteiger partial charge in [0.15, 0.2) is 0 Å². The smallest absolute Gasteiger partial charge is 0.293 e. The minimum absolute atomic E-state index is 0.343. The van der Waals surface area contributed by atoms with E-state index in [0.717, 1.165) is 5.56 Å². The zero-order valence-electron chi connectivity index (χ0n) is 9.32. The van der Waals surface area contributed by atoms with Gasteiger partial charge in [-0.25, -0.2) is 4.79 Å². The summed E-state index contributed by atoms with van der Waals surface area (Å²) < 4.78 is 0. The average molecular weight is 208 g/mol. The van der Waals surface area contributed by atoms with Crippen LogP contribution in [-0.4, -0.2) is 12.6 Å². The first kappa shape index (κ1) is 11.7. The summed E-state index contributed by atoms with van der Waals surface area (Å²) in [5.74, 6) is -0.102. The topological polar surface area (TPSA) is 35.5 Å². The fourth-order valence-electron chi connectivity index (χ4n) is 1.04. The molecule has 0 unspecified atom stereocenters. The van der Waals surface area contributed by atoms with Gasteiger partial charge < -0.3 is 0 Å². The molecule has 82 valence electrons. The van der Waals surface area contributed by atoms with Gasteiger partial charge in [-0.1, -0.05) is 31.5 Å². The molecule has 0 amide bonds. The molecule has 3 nitrogen and oxygen atoms in total. The van der Waals surface area contributed by atoms with Gasteiger partial charge in [0.2, 0.25) is 0 Å². The molecule has 0 atom stereocenters. The molecule has 0 N–H and O–H groups in total. The maximum Gasteiger partial charge on any atom is 0.373 e. The highest BCUT2D eigenvalue weighted by molar-refractivity contribution is 5.89. The fraction of sp³-hybridized carbons (Fsp3) is 0.417. The lowest BCUT2D eigenvalue weighted by Crippen LogP contribution is -2.09. The summed E-state index contributed by atoms with van der Waals surface area (Å²) in [4.78, 5) is 20.9. The quantitative estimate of drug-likeness (QED) is 0.563. The molecule has 0 bridgehead atoms. The van der Waals surface area contributed by atoms with Crippen molar-refractivity contribution in [1.82, 2.24) is 0 Å². The third-order valence-electron chi connectivity index (χ3n) is 1.79. The lowest BCUT2D eigenvalue weighted by atomic mass is 10.1. The summed E-state index contributed by atoms with van der Waals surface area (Å²) in [6, 6.07) is 7.20. The monoisotopic (exact) mass is 208 g/mol. The van der Waals surface area contributed by atoms with Crippen molar-refractivity contribution in [2.24, 2.45) is 5.92 Å². The Kier molecular flexibility index (Phi) is 4.31. The van der Waals surface area contributed by atoms with Crippen LogP contribution in [0, 0.1) is 12.8 Å². The number of aryl methyl sites for hydroxylation is 1. The van der Waals surface area contributed by atoms with Gasteiger partial charge in [0, 0.05) is 0 Å². The normalized spacial score (nSPS) is 10.4. The number of hydrogen-bond acceptors (Lipinski definition) is 3. The average Bonchev–Trinajstić information content (AvgIpc) is 2.17. The van der Waals surface area contributed by atoms with Crippen molar-refractivity contribution in [1.29, 1.82) is 0 Å². The molecule has 1 aromatic carbocycles. The van der Waals surface area contributed by atoms with E-state index in [1.54, 1.807) is 12.1 Å². The van der Waals surface area contributed by atoms with Crippen molar-refractivity contribution in [2.75, 3.05) is 6.61 Å². The van der Waals surface area contributed by atoms with E-state index in [9.17, 15) is 4.79 Å². The third kappa shape index (κ3) is 4.13. The van der Waals surface area contributed by atoms with Crippen molar-refractivity contribution in [2.45, 2.75) is 20.8 Å². The Hall–Kier alpha value is -1.35. The van der Waals surface area contributed by atoms with Gasteiger partial charge >= 0.3 is 5.97 Å². The molecule has 3 heteroatoms. The van der Waals surface area contributed by atoms with Gasteiger partial charge in [0.25, 0.3) is 0 Å². The maximum atomic E-state index is 11.4. The first-order chi connectivity index (χ1) is 7.09. The van der Waals surface area contributed by atoms with Gasteiger partial charge in [-0.2, -0.15) is 4.89 Å². The van der Waals surface area contributed by atoms with Crippen LogP contribution >= 0.6 is 0 Å². The predicted octanol–water partition coefficient (Wildman–Crippen LogP) is 2.74. The van der Waals surface area contributed by atoms with Crippen molar-refractivity contribution < 1.29 is 14.6 Å². The van der Waals surface area contributed by atoms with Crippen LogP contribution in [0.25, 0.3) is 0 Å². The fourth-order valence-corrected chi connectivity index (χ4v) is 1.04. The zero-order chi connectivity index (χ0) is 11.3. The van der Waals surface area contributed by atoms with E-state index < -0.39 is 5.97 Å². The molecule has 0 saturated carbocycles. The Bertz CT molecular complexity index is 331. The molecule has 0 spiro atoms. The SMILES string of the molecule is Cc1cccc(C(=O)OOCC(C)C)c1. The highest BCUT2D eigenvalue weighted by atomic mass is 17.2. The predicted molar refractivity (Wildman–Crippen MR) is 57.4 cm³/mol. The molecule has 0 heterocycles. The first-order valence-electron chi connectivity index (χ1n) is 5.00. The van der Waals surface area contributed by atoms with E-state index in [-0.39, 0.29) is 0 Å². The van der Waals surface area contributed by atoms with Crippen LogP contribution in [0.2, 0.25) is 0 Å². The van der Waals surface area contributed by atoms with Gasteiger partial charge in [0.05, 0.1) is 12.2 Å². The Morgan fingerprint density at radius 2 is 2.13 bits per heavy atom. The van der Waals surface area contributed by atoms with E-state index in [2.05, 4.69) is 4.89 Å². The van der Waals surface area contributed by atoms with E-state index in [1.165, 1.54) is 0 Å². The van der Waals surface area contributed by atoms with E-state index in [4.69, 9.17) is 4.89 Å². The molecule has 0 aliphatic heterocycles. The minimum Gasteiger partial charge on any atom is -0.293 e. The number of hydrogen-bond donors (Lipinski definition) is 0. The molecule has 0 fully saturated rings. The summed E-state index contributed by atoms with van der Waals surface area (Å²) in [6.45, 7) is 6.31. The molecular weight excluding hydrogens is 192 g/mol. The van der Waals surface area contributed by atoms with Crippen LogP contribution in [-0.2, 0) is 9.78 Å². The van der Waals surface area contributed by atoms with Crippen molar-refractivity contribution in [3.63, 3.8) is 0 Å².